The number of alkyl halides is 2. The first-order valence-corrected chi connectivity index (χ1v) is 8.24. The smallest absolute Gasteiger partial charge is 0.255 e. The molecule has 2 atom stereocenters. The Labute approximate surface area is 130 Å². The molecule has 0 aliphatic heterocycles. The van der Waals surface area contributed by atoms with Crippen molar-refractivity contribution < 1.29 is 13.6 Å². The van der Waals surface area contributed by atoms with E-state index in [0.717, 1.165) is 32.1 Å². The summed E-state index contributed by atoms with van der Waals surface area (Å²) in [7, 11) is 0. The molecule has 1 saturated carbocycles. The van der Waals surface area contributed by atoms with Crippen LogP contribution in [0, 0.1) is 5.92 Å². The van der Waals surface area contributed by atoms with Crippen LogP contribution >= 0.6 is 0 Å². The standard InChI is InChI=1S/C18H23F2NO/c1-2-10-21(12-16(19)20)17(22)15-11-18(15)9-5-7-13-6-3-4-8-14(13)18/h3-4,6,8,15-16H,2,5,7,9-12H2,1H3/t15-,18+/m1/s1. The lowest BCUT2D eigenvalue weighted by Gasteiger charge is -2.28. The molecular weight excluding hydrogens is 284 g/mol. The zero-order valence-electron chi connectivity index (χ0n) is 13.0. The molecule has 120 valence electrons. The Balaban J connectivity index is 1.80. The van der Waals surface area contributed by atoms with Gasteiger partial charge in [0.25, 0.3) is 6.43 Å². The second-order valence-corrected chi connectivity index (χ2v) is 6.60. The number of fused-ring (bicyclic) bond motifs is 2. The number of benzene rings is 1. The van der Waals surface area contributed by atoms with Crippen LogP contribution in [0.1, 0.15) is 43.7 Å². The minimum Gasteiger partial charge on any atom is -0.337 e. The maximum absolute atomic E-state index is 12.7. The molecule has 3 rings (SSSR count). The van der Waals surface area contributed by atoms with Gasteiger partial charge < -0.3 is 4.90 Å². The van der Waals surface area contributed by atoms with Gasteiger partial charge in [-0.3, -0.25) is 4.79 Å². The van der Waals surface area contributed by atoms with Crippen LogP contribution in [0.5, 0.6) is 0 Å². The number of carbonyl (C=O) groups is 1. The zero-order chi connectivity index (χ0) is 15.7. The predicted molar refractivity (Wildman–Crippen MR) is 82.0 cm³/mol. The van der Waals surface area contributed by atoms with Gasteiger partial charge in [-0.25, -0.2) is 8.78 Å². The lowest BCUT2D eigenvalue weighted by Crippen LogP contribution is -2.38. The summed E-state index contributed by atoms with van der Waals surface area (Å²) in [5, 5.41) is 0. The number of aryl methyl sites for hydroxylation is 1. The van der Waals surface area contributed by atoms with Gasteiger partial charge in [-0.15, -0.1) is 0 Å². The highest BCUT2D eigenvalue weighted by Crippen LogP contribution is 2.60. The molecule has 1 aromatic rings. The van der Waals surface area contributed by atoms with Gasteiger partial charge in [-0.05, 0) is 43.2 Å². The topological polar surface area (TPSA) is 20.3 Å². The summed E-state index contributed by atoms with van der Waals surface area (Å²) in [6.07, 6.45) is 2.25. The van der Waals surface area contributed by atoms with Crippen molar-refractivity contribution in [2.75, 3.05) is 13.1 Å². The number of carbonyl (C=O) groups excluding carboxylic acids is 1. The van der Waals surface area contributed by atoms with E-state index in [-0.39, 0.29) is 17.2 Å². The summed E-state index contributed by atoms with van der Waals surface area (Å²) in [6.45, 7) is 1.92. The molecule has 1 amide bonds. The van der Waals surface area contributed by atoms with Crippen molar-refractivity contribution in [3.05, 3.63) is 35.4 Å². The molecule has 0 bridgehead atoms. The lowest BCUT2D eigenvalue weighted by molar-refractivity contribution is -0.135. The first-order valence-electron chi connectivity index (χ1n) is 8.24. The van der Waals surface area contributed by atoms with Gasteiger partial charge >= 0.3 is 0 Å². The summed E-state index contributed by atoms with van der Waals surface area (Å²) in [4.78, 5) is 14.1. The van der Waals surface area contributed by atoms with Gasteiger partial charge in [0.1, 0.15) is 0 Å². The maximum atomic E-state index is 12.7. The van der Waals surface area contributed by atoms with Crippen molar-refractivity contribution in [3.8, 4) is 0 Å². The van der Waals surface area contributed by atoms with Crippen LogP contribution in [0.4, 0.5) is 8.78 Å². The molecule has 1 aromatic carbocycles. The van der Waals surface area contributed by atoms with Crippen molar-refractivity contribution in [1.29, 1.82) is 0 Å². The highest BCUT2D eigenvalue weighted by atomic mass is 19.3. The minimum atomic E-state index is -2.45. The number of hydrogen-bond acceptors (Lipinski definition) is 1. The highest BCUT2D eigenvalue weighted by molar-refractivity contribution is 5.85. The van der Waals surface area contributed by atoms with Crippen molar-refractivity contribution in [2.45, 2.75) is 50.9 Å². The molecule has 2 nitrogen and oxygen atoms in total. The van der Waals surface area contributed by atoms with Crippen LogP contribution in [0.3, 0.4) is 0 Å². The van der Waals surface area contributed by atoms with Gasteiger partial charge in [0.2, 0.25) is 5.91 Å². The van der Waals surface area contributed by atoms with Crippen LogP contribution in [0.2, 0.25) is 0 Å². The van der Waals surface area contributed by atoms with E-state index in [2.05, 4.69) is 12.1 Å². The maximum Gasteiger partial charge on any atom is 0.255 e. The predicted octanol–water partition coefficient (Wildman–Crippen LogP) is 3.78. The third kappa shape index (κ3) is 2.64. The molecule has 0 aromatic heterocycles. The Morgan fingerprint density at radius 1 is 1.41 bits per heavy atom. The summed E-state index contributed by atoms with van der Waals surface area (Å²) < 4.78 is 25.5. The van der Waals surface area contributed by atoms with Crippen LogP contribution in [0.15, 0.2) is 24.3 Å². The van der Waals surface area contributed by atoms with Crippen LogP contribution in [-0.4, -0.2) is 30.3 Å². The fourth-order valence-corrected chi connectivity index (χ4v) is 4.10. The zero-order valence-corrected chi connectivity index (χ0v) is 13.0. The molecule has 0 N–H and O–H groups in total. The normalized spacial score (nSPS) is 26.1. The largest absolute Gasteiger partial charge is 0.337 e. The van der Waals surface area contributed by atoms with Gasteiger partial charge in [-0.1, -0.05) is 31.2 Å². The third-order valence-corrected chi connectivity index (χ3v) is 5.16. The molecule has 1 fully saturated rings. The van der Waals surface area contributed by atoms with Crippen LogP contribution < -0.4 is 0 Å². The van der Waals surface area contributed by atoms with Gasteiger partial charge in [-0.2, -0.15) is 0 Å². The number of halogens is 2. The summed E-state index contributed by atoms with van der Waals surface area (Å²) in [5.41, 5.74) is 2.55. The monoisotopic (exact) mass is 307 g/mol. The molecule has 0 saturated heterocycles. The van der Waals surface area contributed by atoms with E-state index in [1.165, 1.54) is 16.0 Å². The van der Waals surface area contributed by atoms with Crippen molar-refractivity contribution in [3.63, 3.8) is 0 Å². The summed E-state index contributed by atoms with van der Waals surface area (Å²) in [6, 6.07) is 8.32. The number of nitrogens with zero attached hydrogens (tertiary/aromatic N) is 1. The van der Waals surface area contributed by atoms with E-state index in [4.69, 9.17) is 0 Å². The fourth-order valence-electron chi connectivity index (χ4n) is 4.10. The Morgan fingerprint density at radius 2 is 2.18 bits per heavy atom. The molecule has 2 aliphatic rings. The van der Waals surface area contributed by atoms with Crippen LogP contribution in [-0.2, 0) is 16.6 Å². The van der Waals surface area contributed by atoms with Crippen LogP contribution in [0.25, 0.3) is 0 Å². The average Bonchev–Trinajstić information content (AvgIpc) is 3.21. The van der Waals surface area contributed by atoms with Crippen molar-refractivity contribution >= 4 is 5.91 Å². The summed E-state index contributed by atoms with van der Waals surface area (Å²) >= 11 is 0. The number of rotatable bonds is 5. The van der Waals surface area contributed by atoms with E-state index in [1.54, 1.807) is 0 Å². The molecule has 1 spiro atoms. The lowest BCUT2D eigenvalue weighted by atomic mass is 9.78. The van der Waals surface area contributed by atoms with E-state index in [0.29, 0.717) is 6.54 Å². The second kappa shape index (κ2) is 5.98. The molecule has 2 aliphatic carbocycles. The second-order valence-electron chi connectivity index (χ2n) is 6.60. The molecule has 0 unspecified atom stereocenters. The Hall–Kier alpha value is -1.45. The van der Waals surface area contributed by atoms with Gasteiger partial charge in [0, 0.05) is 17.9 Å². The first-order chi connectivity index (χ1) is 10.6. The highest BCUT2D eigenvalue weighted by Gasteiger charge is 2.60. The molecule has 4 heteroatoms. The van der Waals surface area contributed by atoms with Crippen molar-refractivity contribution in [1.82, 2.24) is 4.90 Å². The van der Waals surface area contributed by atoms with E-state index in [1.807, 2.05) is 19.1 Å². The Bertz CT molecular complexity index is 560. The average molecular weight is 307 g/mol. The fraction of sp³-hybridized carbons (Fsp3) is 0.611. The third-order valence-electron chi connectivity index (χ3n) is 5.16. The quantitative estimate of drug-likeness (QED) is 0.810. The minimum absolute atomic E-state index is 0.0694. The number of hydrogen-bond donors (Lipinski definition) is 0. The molecule has 0 radical (unpaired) electrons. The molecule has 0 heterocycles. The van der Waals surface area contributed by atoms with Gasteiger partial charge in [0.15, 0.2) is 0 Å². The Kier molecular flexibility index (Phi) is 4.20. The molecular formula is C18H23F2NO. The first kappa shape index (κ1) is 15.4. The molecule has 22 heavy (non-hydrogen) atoms. The Morgan fingerprint density at radius 3 is 2.91 bits per heavy atom. The van der Waals surface area contributed by atoms with E-state index >= 15 is 0 Å². The van der Waals surface area contributed by atoms with E-state index < -0.39 is 13.0 Å². The number of amides is 1. The van der Waals surface area contributed by atoms with E-state index in [9.17, 15) is 13.6 Å². The SMILES string of the molecule is CCCN(CC(F)F)C(=O)[C@H]1C[C@]12CCCc1ccccc12. The van der Waals surface area contributed by atoms with Crippen molar-refractivity contribution in [2.24, 2.45) is 5.92 Å². The summed E-state index contributed by atoms with van der Waals surface area (Å²) in [5.74, 6) is -0.168. The van der Waals surface area contributed by atoms with Gasteiger partial charge in [0.05, 0.1) is 6.54 Å².